The van der Waals surface area contributed by atoms with Crippen LogP contribution >= 0.6 is 0 Å². The summed E-state index contributed by atoms with van der Waals surface area (Å²) in [6.45, 7) is 0.767. The molecule has 0 bridgehead atoms. The first kappa shape index (κ1) is 20.7. The minimum atomic E-state index is -3.84. The molecule has 0 unspecified atom stereocenters. The molecule has 1 saturated heterocycles. The van der Waals surface area contributed by atoms with Gasteiger partial charge in [0, 0.05) is 37.3 Å². The fraction of sp³-hybridized carbons (Fsp3) is 0.200. The van der Waals surface area contributed by atoms with E-state index in [1.54, 1.807) is 11.9 Å². The van der Waals surface area contributed by atoms with Gasteiger partial charge < -0.3 is 10.2 Å². The molecule has 1 aliphatic rings. The van der Waals surface area contributed by atoms with Crippen LogP contribution in [-0.2, 0) is 14.8 Å². The van der Waals surface area contributed by atoms with Gasteiger partial charge in [0.05, 0.1) is 4.90 Å². The number of hydrogen-bond acceptors (Lipinski definition) is 3. The third-order valence-electron chi connectivity index (χ3n) is 4.38. The maximum Gasteiger partial charge on any atom is 0.283 e. The monoisotopic (exact) mass is 419 g/mol. The normalized spacial score (nSPS) is 16.0. The Morgan fingerprint density at radius 3 is 2.38 bits per heavy atom. The summed E-state index contributed by atoms with van der Waals surface area (Å²) >= 11 is 0. The molecule has 0 aromatic heterocycles. The largest absolute Gasteiger partial charge is 0.362 e. The van der Waals surface area contributed by atoms with Gasteiger partial charge in [-0.3, -0.25) is 4.79 Å². The van der Waals surface area contributed by atoms with E-state index in [0.717, 1.165) is 37.3 Å². The van der Waals surface area contributed by atoms with Crippen molar-refractivity contribution in [3.05, 3.63) is 65.7 Å². The Morgan fingerprint density at radius 1 is 1.14 bits per heavy atom. The van der Waals surface area contributed by atoms with Gasteiger partial charge in [0.1, 0.15) is 17.5 Å². The number of nitrogens with zero attached hydrogens (tertiary/aromatic N) is 2. The van der Waals surface area contributed by atoms with Gasteiger partial charge in [0.2, 0.25) is 5.91 Å². The fourth-order valence-corrected chi connectivity index (χ4v) is 3.92. The molecule has 1 heterocycles. The maximum absolute atomic E-state index is 13.6. The highest BCUT2D eigenvalue weighted by molar-refractivity contribution is 7.90. The molecular weight excluding hydrogens is 400 g/mol. The number of sulfonamides is 1. The highest BCUT2D eigenvalue weighted by Crippen LogP contribution is 2.19. The second-order valence-corrected chi connectivity index (χ2v) is 8.09. The maximum atomic E-state index is 13.6. The van der Waals surface area contributed by atoms with Crippen molar-refractivity contribution in [2.24, 2.45) is 4.40 Å². The fourth-order valence-electron chi connectivity index (χ4n) is 2.82. The second-order valence-electron chi connectivity index (χ2n) is 6.49. The molecule has 0 radical (unpaired) electrons. The Bertz CT molecular complexity index is 1060. The molecule has 1 aliphatic heterocycles. The zero-order valence-corrected chi connectivity index (χ0v) is 16.4. The van der Waals surface area contributed by atoms with E-state index in [9.17, 15) is 22.0 Å². The Morgan fingerprint density at radius 2 is 1.79 bits per heavy atom. The van der Waals surface area contributed by atoms with Gasteiger partial charge in [-0.15, -0.1) is 4.40 Å². The van der Waals surface area contributed by atoms with E-state index in [0.29, 0.717) is 17.9 Å². The van der Waals surface area contributed by atoms with E-state index in [2.05, 4.69) is 9.71 Å². The van der Waals surface area contributed by atoms with Crippen molar-refractivity contribution >= 4 is 33.5 Å². The molecule has 9 heteroatoms. The Kier molecular flexibility index (Phi) is 6.07. The van der Waals surface area contributed by atoms with Crippen molar-refractivity contribution in [2.45, 2.75) is 17.7 Å². The van der Waals surface area contributed by atoms with Gasteiger partial charge in [0.25, 0.3) is 10.0 Å². The topological polar surface area (TPSA) is 78.8 Å². The van der Waals surface area contributed by atoms with Crippen LogP contribution in [0.25, 0.3) is 6.08 Å². The van der Waals surface area contributed by atoms with Crippen LogP contribution in [0.3, 0.4) is 0 Å². The lowest BCUT2D eigenvalue weighted by Gasteiger charge is -2.11. The highest BCUT2D eigenvalue weighted by atomic mass is 32.2. The number of carbonyl (C=O) groups is 1. The lowest BCUT2D eigenvalue weighted by atomic mass is 10.2. The summed E-state index contributed by atoms with van der Waals surface area (Å²) in [4.78, 5) is 13.8. The van der Waals surface area contributed by atoms with Crippen LogP contribution in [0.1, 0.15) is 18.4 Å². The van der Waals surface area contributed by atoms with Crippen LogP contribution in [0.2, 0.25) is 0 Å². The van der Waals surface area contributed by atoms with Crippen molar-refractivity contribution in [3.8, 4) is 0 Å². The Hall–Kier alpha value is -3.07. The van der Waals surface area contributed by atoms with Crippen molar-refractivity contribution < 1.29 is 22.0 Å². The van der Waals surface area contributed by atoms with Crippen molar-refractivity contribution in [1.82, 2.24) is 4.90 Å². The quantitative estimate of drug-likeness (QED) is 0.753. The molecule has 1 amide bonds. The number of amidine groups is 1. The van der Waals surface area contributed by atoms with Gasteiger partial charge in [-0.2, -0.15) is 8.42 Å². The summed E-state index contributed by atoms with van der Waals surface area (Å²) in [5, 5.41) is 2.50. The van der Waals surface area contributed by atoms with Crippen molar-refractivity contribution in [1.29, 1.82) is 0 Å². The molecule has 0 aliphatic carbocycles. The number of rotatable bonds is 5. The van der Waals surface area contributed by atoms with E-state index in [1.165, 1.54) is 30.3 Å². The molecule has 0 spiro atoms. The highest BCUT2D eigenvalue weighted by Gasteiger charge is 2.20. The summed E-state index contributed by atoms with van der Waals surface area (Å²) in [5.41, 5.74) is 0.0123. The standard InChI is InChI=1S/C20H19F2N3O3S/c1-25-13-3-6-19(25)24-29(27,28)15-9-7-14(8-10-15)23-20(26)12-11-16-17(21)4-2-5-18(16)22/h2,4-5,7-12H,3,6,13H2,1H3,(H,23,26)/b12-11+,24-19+. The molecule has 29 heavy (non-hydrogen) atoms. The zero-order valence-electron chi connectivity index (χ0n) is 15.6. The first-order valence-corrected chi connectivity index (χ1v) is 10.3. The summed E-state index contributed by atoms with van der Waals surface area (Å²) in [6.07, 6.45) is 3.50. The average Bonchev–Trinajstić information content (AvgIpc) is 3.06. The number of anilines is 1. The van der Waals surface area contributed by atoms with E-state index in [4.69, 9.17) is 0 Å². The lowest BCUT2D eigenvalue weighted by molar-refractivity contribution is -0.111. The molecular formula is C20H19F2N3O3S. The lowest BCUT2D eigenvalue weighted by Crippen LogP contribution is -2.20. The number of benzene rings is 2. The zero-order chi connectivity index (χ0) is 21.0. The van der Waals surface area contributed by atoms with Gasteiger partial charge in [0.15, 0.2) is 0 Å². The summed E-state index contributed by atoms with van der Waals surface area (Å²) < 4.78 is 55.8. The first-order chi connectivity index (χ1) is 13.8. The van der Waals surface area contributed by atoms with E-state index < -0.39 is 27.6 Å². The third kappa shape index (κ3) is 5.05. The third-order valence-corrected chi connectivity index (χ3v) is 5.70. The number of amides is 1. The number of carbonyl (C=O) groups excluding carboxylic acids is 1. The van der Waals surface area contributed by atoms with Gasteiger partial charge >= 0.3 is 0 Å². The molecule has 152 valence electrons. The Balaban J connectivity index is 1.69. The van der Waals surface area contributed by atoms with Crippen molar-refractivity contribution in [2.75, 3.05) is 18.9 Å². The summed E-state index contributed by atoms with van der Waals surface area (Å²) in [7, 11) is -2.05. The number of likely N-dealkylation sites (tertiary alicyclic amines) is 1. The van der Waals surface area contributed by atoms with Crippen LogP contribution in [-0.4, -0.2) is 38.7 Å². The van der Waals surface area contributed by atoms with Crippen LogP contribution in [0.5, 0.6) is 0 Å². The molecule has 2 aromatic carbocycles. The van der Waals surface area contributed by atoms with Gasteiger partial charge in [-0.25, -0.2) is 8.78 Å². The molecule has 2 aromatic rings. The Labute approximate surface area is 167 Å². The number of hydrogen-bond donors (Lipinski definition) is 1. The molecule has 3 rings (SSSR count). The molecule has 0 atom stereocenters. The average molecular weight is 419 g/mol. The smallest absolute Gasteiger partial charge is 0.283 e. The van der Waals surface area contributed by atoms with E-state index in [-0.39, 0.29) is 10.5 Å². The van der Waals surface area contributed by atoms with E-state index in [1.807, 2.05) is 0 Å². The van der Waals surface area contributed by atoms with Crippen LogP contribution in [0.15, 0.2) is 57.8 Å². The second kappa shape index (κ2) is 8.52. The predicted molar refractivity (Wildman–Crippen MR) is 107 cm³/mol. The van der Waals surface area contributed by atoms with Gasteiger partial charge in [-0.1, -0.05) is 6.07 Å². The summed E-state index contributed by atoms with van der Waals surface area (Å²) in [6, 6.07) is 8.92. The summed E-state index contributed by atoms with van der Waals surface area (Å²) in [5.74, 6) is -1.65. The van der Waals surface area contributed by atoms with Gasteiger partial charge in [-0.05, 0) is 48.9 Å². The molecule has 1 fully saturated rings. The van der Waals surface area contributed by atoms with Crippen LogP contribution in [0, 0.1) is 11.6 Å². The first-order valence-electron chi connectivity index (χ1n) is 8.84. The van der Waals surface area contributed by atoms with Crippen LogP contribution < -0.4 is 5.32 Å². The molecule has 1 N–H and O–H groups in total. The van der Waals surface area contributed by atoms with Crippen molar-refractivity contribution in [3.63, 3.8) is 0 Å². The van der Waals surface area contributed by atoms with Crippen LogP contribution in [0.4, 0.5) is 14.5 Å². The number of halogens is 2. The van der Waals surface area contributed by atoms with E-state index >= 15 is 0 Å². The number of nitrogens with one attached hydrogen (secondary N) is 1. The minimum absolute atomic E-state index is 0.00673. The molecule has 0 saturated carbocycles. The predicted octanol–water partition coefficient (Wildman–Crippen LogP) is 3.43. The minimum Gasteiger partial charge on any atom is -0.362 e. The molecule has 6 nitrogen and oxygen atoms in total. The SMILES string of the molecule is CN1CCC/C1=N\S(=O)(=O)c1ccc(NC(=O)/C=C/c2c(F)cccc2F)cc1.